The number of halogens is 2. The number of hydrogen-bond acceptors (Lipinski definition) is 4. The first-order chi connectivity index (χ1) is 13.1. The van der Waals surface area contributed by atoms with E-state index in [-0.39, 0.29) is 18.7 Å². The lowest BCUT2D eigenvalue weighted by Crippen LogP contribution is -2.57. The highest BCUT2D eigenvalue weighted by Gasteiger charge is 2.53. The van der Waals surface area contributed by atoms with Crippen molar-refractivity contribution < 1.29 is 19.1 Å². The summed E-state index contributed by atoms with van der Waals surface area (Å²) in [5.41, 5.74) is -0.521. The lowest BCUT2D eigenvalue weighted by Gasteiger charge is -2.44. The van der Waals surface area contributed by atoms with Gasteiger partial charge in [-0.3, -0.25) is 10.2 Å². The highest BCUT2D eigenvalue weighted by Crippen LogP contribution is 2.45. The van der Waals surface area contributed by atoms with E-state index >= 15 is 0 Å². The molecular weight excluding hydrogens is 448 g/mol. The molecule has 154 valence electrons. The molecular formula is C20H26BrClN2O4. The molecule has 2 heterocycles. The fourth-order valence-electron chi connectivity index (χ4n) is 4.06. The summed E-state index contributed by atoms with van der Waals surface area (Å²) in [6.07, 6.45) is 3.59. The Morgan fingerprint density at radius 3 is 2.79 bits per heavy atom. The van der Waals surface area contributed by atoms with E-state index in [9.17, 15) is 9.59 Å². The van der Waals surface area contributed by atoms with Crippen molar-refractivity contribution in [1.29, 1.82) is 0 Å². The first-order valence-corrected chi connectivity index (χ1v) is 10.7. The molecule has 2 fully saturated rings. The molecule has 0 radical (unpaired) electrons. The second-order valence-corrected chi connectivity index (χ2v) is 9.78. The van der Waals surface area contributed by atoms with Crippen LogP contribution in [0.4, 0.5) is 15.3 Å². The third kappa shape index (κ3) is 4.74. The van der Waals surface area contributed by atoms with E-state index < -0.39 is 17.2 Å². The summed E-state index contributed by atoms with van der Waals surface area (Å²) < 4.78 is 11.9. The Balaban J connectivity index is 1.68. The number of hydrogen-bond donors (Lipinski definition) is 1. The van der Waals surface area contributed by atoms with Crippen LogP contribution in [0, 0.1) is 0 Å². The molecule has 28 heavy (non-hydrogen) atoms. The predicted molar refractivity (Wildman–Crippen MR) is 112 cm³/mol. The second kappa shape index (κ2) is 8.11. The SMILES string of the molecule is CC(C)(C)OC(=O)N1C2CCCC1(COC(=O)Nc1cc(Cl)ccc1Br)CC2. The molecule has 0 saturated carbocycles. The molecule has 0 aromatic heterocycles. The second-order valence-electron chi connectivity index (χ2n) is 8.48. The maximum Gasteiger partial charge on any atom is 0.411 e. The summed E-state index contributed by atoms with van der Waals surface area (Å²) in [5.74, 6) is 0. The van der Waals surface area contributed by atoms with Gasteiger partial charge in [0.25, 0.3) is 0 Å². The number of carbonyl (C=O) groups excluding carboxylic acids is 2. The third-order valence-corrected chi connectivity index (χ3v) is 6.15. The number of nitrogens with zero attached hydrogens (tertiary/aromatic N) is 1. The van der Waals surface area contributed by atoms with Gasteiger partial charge in [-0.2, -0.15) is 0 Å². The number of fused-ring (bicyclic) bond motifs is 2. The Morgan fingerprint density at radius 1 is 1.32 bits per heavy atom. The van der Waals surface area contributed by atoms with Gasteiger partial charge in [-0.05, 0) is 87.0 Å². The Bertz CT molecular complexity index is 763. The number of ether oxygens (including phenoxy) is 2. The minimum absolute atomic E-state index is 0.146. The lowest BCUT2D eigenvalue weighted by molar-refractivity contribution is -0.0313. The first-order valence-electron chi connectivity index (χ1n) is 9.51. The molecule has 6 nitrogen and oxygen atoms in total. The van der Waals surface area contributed by atoms with E-state index in [0.717, 1.165) is 32.1 Å². The smallest absolute Gasteiger partial charge is 0.411 e. The highest BCUT2D eigenvalue weighted by molar-refractivity contribution is 9.10. The van der Waals surface area contributed by atoms with Gasteiger partial charge in [-0.15, -0.1) is 0 Å². The number of nitrogens with one attached hydrogen (secondary N) is 1. The predicted octanol–water partition coefficient (Wildman–Crippen LogP) is 5.97. The normalized spacial score (nSPS) is 24.0. The van der Waals surface area contributed by atoms with Crippen LogP contribution >= 0.6 is 27.5 Å². The minimum atomic E-state index is -0.574. The summed E-state index contributed by atoms with van der Waals surface area (Å²) in [5, 5.41) is 3.21. The number of piperidine rings is 1. The van der Waals surface area contributed by atoms with Crippen molar-refractivity contribution in [1.82, 2.24) is 4.90 Å². The summed E-state index contributed by atoms with van der Waals surface area (Å²) in [6.45, 7) is 5.72. The molecule has 2 aliphatic heterocycles. The minimum Gasteiger partial charge on any atom is -0.447 e. The Labute approximate surface area is 179 Å². The maximum absolute atomic E-state index is 12.8. The van der Waals surface area contributed by atoms with Gasteiger partial charge >= 0.3 is 12.2 Å². The topological polar surface area (TPSA) is 67.9 Å². The summed E-state index contributed by atoms with van der Waals surface area (Å²) in [7, 11) is 0. The molecule has 1 N–H and O–H groups in total. The van der Waals surface area contributed by atoms with Crippen LogP contribution in [0.2, 0.25) is 5.02 Å². The molecule has 1 aromatic carbocycles. The van der Waals surface area contributed by atoms with Gasteiger partial charge in [0.2, 0.25) is 0 Å². The van der Waals surface area contributed by atoms with Gasteiger partial charge in [0, 0.05) is 15.5 Å². The van der Waals surface area contributed by atoms with Crippen molar-refractivity contribution in [3.8, 4) is 0 Å². The molecule has 1 aromatic rings. The average molecular weight is 474 g/mol. The zero-order chi connectivity index (χ0) is 20.5. The molecule has 0 aliphatic carbocycles. The molecule has 2 unspecified atom stereocenters. The number of benzene rings is 1. The van der Waals surface area contributed by atoms with E-state index in [1.165, 1.54) is 0 Å². The van der Waals surface area contributed by atoms with Crippen molar-refractivity contribution in [3.05, 3.63) is 27.7 Å². The summed E-state index contributed by atoms with van der Waals surface area (Å²) in [4.78, 5) is 27.0. The van der Waals surface area contributed by atoms with Crippen LogP contribution in [0.1, 0.15) is 52.9 Å². The molecule has 3 rings (SSSR count). The van der Waals surface area contributed by atoms with Gasteiger partial charge < -0.3 is 9.47 Å². The standard InChI is InChI=1S/C20H26BrClN2O4/c1-19(2,3)28-18(26)24-14-5-4-9-20(24,10-8-14)12-27-17(25)23-16-11-13(22)6-7-15(16)21/h6-7,11,14H,4-5,8-10,12H2,1-3H3,(H,23,25). The van der Waals surface area contributed by atoms with Crippen molar-refractivity contribution in [2.24, 2.45) is 0 Å². The Kier molecular flexibility index (Phi) is 6.15. The third-order valence-electron chi connectivity index (χ3n) is 5.23. The van der Waals surface area contributed by atoms with E-state index in [1.54, 1.807) is 18.2 Å². The van der Waals surface area contributed by atoms with Gasteiger partial charge in [-0.25, -0.2) is 9.59 Å². The fourth-order valence-corrected chi connectivity index (χ4v) is 4.58. The maximum atomic E-state index is 12.8. The van der Waals surface area contributed by atoms with E-state index in [0.29, 0.717) is 15.2 Å². The van der Waals surface area contributed by atoms with Crippen LogP contribution in [0.3, 0.4) is 0 Å². The van der Waals surface area contributed by atoms with E-state index in [1.807, 2.05) is 25.7 Å². The van der Waals surface area contributed by atoms with Crippen LogP contribution in [0.5, 0.6) is 0 Å². The van der Waals surface area contributed by atoms with Gasteiger partial charge in [0.05, 0.1) is 11.2 Å². The quantitative estimate of drug-likeness (QED) is 0.587. The summed E-state index contributed by atoms with van der Waals surface area (Å²) in [6, 6.07) is 5.27. The first kappa shape index (κ1) is 21.2. The van der Waals surface area contributed by atoms with Crippen molar-refractivity contribution in [2.75, 3.05) is 11.9 Å². The monoisotopic (exact) mass is 472 g/mol. The largest absolute Gasteiger partial charge is 0.447 e. The van der Waals surface area contributed by atoms with Gasteiger partial charge in [0.15, 0.2) is 0 Å². The zero-order valence-electron chi connectivity index (χ0n) is 16.4. The summed E-state index contributed by atoms with van der Waals surface area (Å²) >= 11 is 9.36. The van der Waals surface area contributed by atoms with Crippen LogP contribution in [-0.2, 0) is 9.47 Å². The van der Waals surface area contributed by atoms with Crippen molar-refractivity contribution in [2.45, 2.75) is 70.1 Å². The number of amides is 2. The highest BCUT2D eigenvalue weighted by atomic mass is 79.9. The van der Waals surface area contributed by atoms with Crippen LogP contribution in [-0.4, -0.2) is 40.9 Å². The van der Waals surface area contributed by atoms with Crippen LogP contribution in [0.15, 0.2) is 22.7 Å². The number of carbonyl (C=O) groups is 2. The fraction of sp³-hybridized carbons (Fsp3) is 0.600. The Hall–Kier alpha value is -1.47. The van der Waals surface area contributed by atoms with Gasteiger partial charge in [0.1, 0.15) is 12.2 Å². The molecule has 2 amide bonds. The van der Waals surface area contributed by atoms with Crippen molar-refractivity contribution in [3.63, 3.8) is 0 Å². The Morgan fingerprint density at radius 2 is 2.07 bits per heavy atom. The lowest BCUT2D eigenvalue weighted by atomic mass is 9.89. The molecule has 0 spiro atoms. The van der Waals surface area contributed by atoms with E-state index in [2.05, 4.69) is 21.2 Å². The molecule has 2 bridgehead atoms. The van der Waals surface area contributed by atoms with E-state index in [4.69, 9.17) is 21.1 Å². The molecule has 8 heteroatoms. The van der Waals surface area contributed by atoms with Crippen LogP contribution < -0.4 is 5.32 Å². The van der Waals surface area contributed by atoms with Crippen molar-refractivity contribution >= 4 is 45.4 Å². The average Bonchev–Trinajstić information content (AvgIpc) is 2.82. The molecule has 2 aliphatic rings. The van der Waals surface area contributed by atoms with Crippen LogP contribution in [0.25, 0.3) is 0 Å². The number of rotatable bonds is 3. The number of anilines is 1. The molecule has 2 atom stereocenters. The zero-order valence-corrected chi connectivity index (χ0v) is 18.7. The van der Waals surface area contributed by atoms with Gasteiger partial charge in [-0.1, -0.05) is 11.6 Å². The molecule has 2 saturated heterocycles.